The third kappa shape index (κ3) is 3.01. The second kappa shape index (κ2) is 6.66. The lowest BCUT2D eigenvalue weighted by molar-refractivity contribution is -0.385. The highest BCUT2D eigenvalue weighted by atomic mass is 31.2. The molecule has 0 N–H and O–H groups in total. The van der Waals surface area contributed by atoms with Gasteiger partial charge in [-0.1, -0.05) is 18.2 Å². The third-order valence-electron chi connectivity index (χ3n) is 3.59. The second-order valence-corrected chi connectivity index (χ2v) is 7.37. The molecule has 1 aliphatic rings. The first-order chi connectivity index (χ1) is 12.0. The zero-order valence-corrected chi connectivity index (χ0v) is 14.1. The van der Waals surface area contributed by atoms with Crippen molar-refractivity contribution < 1.29 is 28.3 Å². The maximum absolute atomic E-state index is 13.3. The van der Waals surface area contributed by atoms with E-state index in [1.54, 1.807) is 25.1 Å². The van der Waals surface area contributed by atoms with Crippen molar-refractivity contribution in [3.8, 4) is 11.5 Å². The van der Waals surface area contributed by atoms with E-state index >= 15 is 0 Å². The molecular formula is C16H14NO7P. The number of ether oxygens (including phenoxy) is 2. The largest absolute Gasteiger partial charge is 0.454 e. The van der Waals surface area contributed by atoms with Gasteiger partial charge in [0.1, 0.15) is 5.56 Å². The molecule has 1 heterocycles. The van der Waals surface area contributed by atoms with E-state index in [9.17, 15) is 19.5 Å². The minimum atomic E-state index is -4.02. The molecule has 0 saturated heterocycles. The Labute approximate surface area is 142 Å². The number of fused-ring (bicyclic) bond motifs is 1. The first-order valence-corrected chi connectivity index (χ1v) is 9.03. The third-order valence-corrected chi connectivity index (χ3v) is 5.97. The normalized spacial score (nSPS) is 14.8. The van der Waals surface area contributed by atoms with Crippen LogP contribution in [-0.4, -0.2) is 23.8 Å². The number of hydrogen-bond acceptors (Lipinski definition) is 7. The van der Waals surface area contributed by atoms with Gasteiger partial charge >= 0.3 is 7.37 Å². The minimum absolute atomic E-state index is 0.0102. The summed E-state index contributed by atoms with van der Waals surface area (Å²) in [6.45, 7) is 1.50. The second-order valence-electron chi connectivity index (χ2n) is 5.09. The molecule has 2 aromatic rings. The molecule has 2 aromatic carbocycles. The summed E-state index contributed by atoms with van der Waals surface area (Å²) >= 11 is 0. The van der Waals surface area contributed by atoms with E-state index in [-0.39, 0.29) is 35.8 Å². The van der Waals surface area contributed by atoms with Gasteiger partial charge in [0, 0.05) is 11.4 Å². The summed E-state index contributed by atoms with van der Waals surface area (Å²) in [5, 5.41) is 11.5. The molecular weight excluding hydrogens is 349 g/mol. The quantitative estimate of drug-likeness (QED) is 0.441. The average molecular weight is 363 g/mol. The standard InChI is InChI=1S/C16H14NO7P/c1-2-24-25(21,11-6-4-3-5-7-11)16(18)12-8-14-15(23-10-22-14)9-13(12)17(19)20/h3-9H,2,10H2,1H3. The maximum Gasteiger partial charge on any atom is 0.301 e. The van der Waals surface area contributed by atoms with Crippen molar-refractivity contribution in [1.29, 1.82) is 0 Å². The van der Waals surface area contributed by atoms with Crippen LogP contribution in [0.25, 0.3) is 0 Å². The Kier molecular flexibility index (Phi) is 4.57. The van der Waals surface area contributed by atoms with Gasteiger partial charge in [-0.2, -0.15) is 0 Å². The predicted octanol–water partition coefficient (Wildman–Crippen LogP) is 3.10. The first-order valence-electron chi connectivity index (χ1n) is 7.40. The summed E-state index contributed by atoms with van der Waals surface area (Å²) in [5.74, 6) is 0.347. The molecule has 8 nitrogen and oxygen atoms in total. The smallest absolute Gasteiger partial charge is 0.301 e. The number of carbonyl (C=O) groups excluding carboxylic acids is 1. The summed E-state index contributed by atoms with van der Waals surface area (Å²) in [6.07, 6.45) is 0. The van der Waals surface area contributed by atoms with Gasteiger partial charge in [-0.05, 0) is 19.1 Å². The molecule has 0 saturated carbocycles. The molecule has 0 bridgehead atoms. The Bertz CT molecular complexity index is 882. The van der Waals surface area contributed by atoms with E-state index in [4.69, 9.17) is 14.0 Å². The van der Waals surface area contributed by atoms with Crippen molar-refractivity contribution in [2.75, 3.05) is 13.4 Å². The van der Waals surface area contributed by atoms with E-state index in [0.717, 1.165) is 6.07 Å². The van der Waals surface area contributed by atoms with Gasteiger partial charge in [-0.15, -0.1) is 0 Å². The van der Waals surface area contributed by atoms with Gasteiger partial charge in [0.15, 0.2) is 11.5 Å². The topological polar surface area (TPSA) is 105 Å². The van der Waals surface area contributed by atoms with Crippen molar-refractivity contribution in [3.63, 3.8) is 0 Å². The molecule has 0 radical (unpaired) electrons. The van der Waals surface area contributed by atoms with Crippen molar-refractivity contribution in [2.45, 2.75) is 6.92 Å². The predicted molar refractivity (Wildman–Crippen MR) is 88.9 cm³/mol. The minimum Gasteiger partial charge on any atom is -0.454 e. The van der Waals surface area contributed by atoms with Crippen LogP contribution < -0.4 is 14.8 Å². The summed E-state index contributed by atoms with van der Waals surface area (Å²) in [5.41, 5.74) is -1.80. The number of benzene rings is 2. The maximum atomic E-state index is 13.3. The van der Waals surface area contributed by atoms with Crippen molar-refractivity contribution in [3.05, 3.63) is 58.1 Å². The monoisotopic (exact) mass is 363 g/mol. The molecule has 0 spiro atoms. The Morgan fingerprint density at radius 1 is 1.24 bits per heavy atom. The van der Waals surface area contributed by atoms with Crippen molar-refractivity contribution in [2.24, 2.45) is 0 Å². The summed E-state index contributed by atoms with van der Waals surface area (Å²) in [7, 11) is -4.02. The van der Waals surface area contributed by atoms with Gasteiger partial charge < -0.3 is 14.0 Å². The fourth-order valence-corrected chi connectivity index (χ4v) is 4.39. The molecule has 0 fully saturated rings. The average Bonchev–Trinajstić information content (AvgIpc) is 3.08. The van der Waals surface area contributed by atoms with E-state index in [1.165, 1.54) is 18.2 Å². The van der Waals surface area contributed by atoms with E-state index in [0.29, 0.717) is 0 Å². The van der Waals surface area contributed by atoms with Gasteiger partial charge in [-0.3, -0.25) is 19.5 Å². The lowest BCUT2D eigenvalue weighted by Gasteiger charge is -2.17. The summed E-state index contributed by atoms with van der Waals surface area (Å²) < 4.78 is 28.9. The lowest BCUT2D eigenvalue weighted by atomic mass is 10.1. The highest BCUT2D eigenvalue weighted by molar-refractivity contribution is 7.83. The number of carbonyl (C=O) groups is 1. The molecule has 0 amide bonds. The van der Waals surface area contributed by atoms with Crippen LogP contribution in [0.2, 0.25) is 0 Å². The molecule has 0 aromatic heterocycles. The zero-order valence-electron chi connectivity index (χ0n) is 13.2. The highest BCUT2D eigenvalue weighted by Gasteiger charge is 2.40. The van der Waals surface area contributed by atoms with Crippen LogP contribution in [0.5, 0.6) is 11.5 Å². The molecule has 1 atom stereocenters. The SMILES string of the molecule is CCOP(=O)(C(=O)c1cc2c(cc1[N+](=O)[O-])OCO2)c1ccccc1. The summed E-state index contributed by atoms with van der Waals surface area (Å²) in [6, 6.07) is 10.2. The molecule has 3 rings (SSSR count). The van der Waals surface area contributed by atoms with Crippen LogP contribution in [0.3, 0.4) is 0 Å². The van der Waals surface area contributed by atoms with Gasteiger partial charge in [-0.25, -0.2) is 0 Å². The highest BCUT2D eigenvalue weighted by Crippen LogP contribution is 2.51. The van der Waals surface area contributed by atoms with Gasteiger partial charge in [0.05, 0.1) is 17.6 Å². The fourth-order valence-electron chi connectivity index (χ4n) is 2.47. The number of nitro benzene ring substituents is 1. The molecule has 25 heavy (non-hydrogen) atoms. The zero-order chi connectivity index (χ0) is 18.0. The van der Waals surface area contributed by atoms with Crippen LogP contribution in [0, 0.1) is 10.1 Å². The number of hydrogen-bond donors (Lipinski definition) is 0. The lowest BCUT2D eigenvalue weighted by Crippen LogP contribution is -2.16. The Morgan fingerprint density at radius 3 is 2.48 bits per heavy atom. The first kappa shape index (κ1) is 17.1. The Hall–Kier alpha value is -2.70. The number of nitrogens with zero attached hydrogens (tertiary/aromatic N) is 1. The van der Waals surface area contributed by atoms with Crippen molar-refractivity contribution >= 4 is 23.9 Å². The Morgan fingerprint density at radius 2 is 1.88 bits per heavy atom. The Balaban J connectivity index is 2.16. The number of rotatable bonds is 6. The fraction of sp³-hybridized carbons (Fsp3) is 0.188. The van der Waals surface area contributed by atoms with E-state index in [1.807, 2.05) is 0 Å². The molecule has 1 aliphatic heterocycles. The van der Waals surface area contributed by atoms with Crippen LogP contribution >= 0.6 is 7.37 Å². The van der Waals surface area contributed by atoms with Crippen LogP contribution in [-0.2, 0) is 9.09 Å². The van der Waals surface area contributed by atoms with Crippen LogP contribution in [0.1, 0.15) is 17.3 Å². The van der Waals surface area contributed by atoms with Crippen molar-refractivity contribution in [1.82, 2.24) is 0 Å². The summed E-state index contributed by atoms with van der Waals surface area (Å²) in [4.78, 5) is 23.6. The number of nitro groups is 1. The van der Waals surface area contributed by atoms with E-state index < -0.39 is 23.5 Å². The van der Waals surface area contributed by atoms with Gasteiger partial charge in [0.25, 0.3) is 11.2 Å². The molecule has 130 valence electrons. The molecule has 9 heteroatoms. The van der Waals surface area contributed by atoms with Crippen LogP contribution in [0.15, 0.2) is 42.5 Å². The van der Waals surface area contributed by atoms with Gasteiger partial charge in [0.2, 0.25) is 6.79 Å². The molecule has 1 unspecified atom stereocenters. The van der Waals surface area contributed by atoms with Crippen LogP contribution in [0.4, 0.5) is 5.69 Å². The molecule has 0 aliphatic carbocycles. The van der Waals surface area contributed by atoms with E-state index in [2.05, 4.69) is 0 Å².